The highest BCUT2D eigenvalue weighted by molar-refractivity contribution is 6.03. The van der Waals surface area contributed by atoms with Crippen molar-refractivity contribution in [2.24, 2.45) is 0 Å². The van der Waals surface area contributed by atoms with Gasteiger partial charge in [-0.15, -0.1) is 0 Å². The summed E-state index contributed by atoms with van der Waals surface area (Å²) in [6, 6.07) is 11.6. The number of hydrogen-bond acceptors (Lipinski definition) is 8. The number of carbonyl (C=O) groups is 2. The second-order valence-corrected chi connectivity index (χ2v) is 8.56. The van der Waals surface area contributed by atoms with Gasteiger partial charge in [-0.05, 0) is 55.3 Å². The van der Waals surface area contributed by atoms with Gasteiger partial charge in [-0.3, -0.25) is 24.1 Å². The summed E-state index contributed by atoms with van der Waals surface area (Å²) in [7, 11) is 0. The molecule has 1 aliphatic heterocycles. The molecule has 188 valence electrons. The quantitative estimate of drug-likeness (QED) is 0.339. The lowest BCUT2D eigenvalue weighted by Crippen LogP contribution is -2.48. The van der Waals surface area contributed by atoms with E-state index >= 15 is 0 Å². The van der Waals surface area contributed by atoms with Crippen LogP contribution in [0.2, 0.25) is 0 Å². The summed E-state index contributed by atoms with van der Waals surface area (Å²) >= 11 is 0. The number of nitrogen functional groups attached to an aromatic ring is 1. The number of rotatable bonds is 6. The molecular formula is C25H25N9O3. The van der Waals surface area contributed by atoms with Crippen LogP contribution in [0.3, 0.4) is 0 Å². The number of nitrogens with two attached hydrogens (primary N) is 1. The third kappa shape index (κ3) is 4.69. The van der Waals surface area contributed by atoms with E-state index < -0.39 is 0 Å². The molecule has 1 aliphatic rings. The monoisotopic (exact) mass is 499 g/mol. The van der Waals surface area contributed by atoms with Crippen molar-refractivity contribution in [2.45, 2.75) is 18.9 Å². The van der Waals surface area contributed by atoms with E-state index in [0.717, 1.165) is 12.8 Å². The van der Waals surface area contributed by atoms with Gasteiger partial charge in [0, 0.05) is 24.8 Å². The molecule has 2 amide bonds. The Morgan fingerprint density at radius 3 is 2.65 bits per heavy atom. The molecule has 12 nitrogen and oxygen atoms in total. The summed E-state index contributed by atoms with van der Waals surface area (Å²) in [5, 5.41) is 4.50. The lowest BCUT2D eigenvalue weighted by molar-refractivity contribution is -0.121. The van der Waals surface area contributed by atoms with Crippen LogP contribution in [0.25, 0.3) is 16.9 Å². The van der Waals surface area contributed by atoms with Gasteiger partial charge in [0.15, 0.2) is 11.5 Å². The Bertz CT molecular complexity index is 1530. The molecule has 0 spiro atoms. The van der Waals surface area contributed by atoms with E-state index in [0.29, 0.717) is 41.3 Å². The third-order valence-corrected chi connectivity index (χ3v) is 6.19. The van der Waals surface area contributed by atoms with Crippen LogP contribution in [0.5, 0.6) is 0 Å². The SMILES string of the molecule is C=CC(=O)NN1CCCC(n2c(=O)n(-c3ccc(C(=O)Nc4ccccn4)cc3)c3c(N)ncnc32)C1. The Kier molecular flexibility index (Phi) is 6.47. The number of hydrogen-bond donors (Lipinski definition) is 3. The van der Waals surface area contributed by atoms with Crippen molar-refractivity contribution in [3.63, 3.8) is 0 Å². The predicted molar refractivity (Wildman–Crippen MR) is 138 cm³/mol. The maximum atomic E-state index is 13.8. The first kappa shape index (κ1) is 23.9. The second-order valence-electron chi connectivity index (χ2n) is 8.56. The number of imidazole rings is 1. The summed E-state index contributed by atoms with van der Waals surface area (Å²) < 4.78 is 3.05. The van der Waals surface area contributed by atoms with E-state index in [4.69, 9.17) is 5.73 Å². The van der Waals surface area contributed by atoms with Crippen molar-refractivity contribution >= 4 is 34.6 Å². The smallest absolute Gasteiger partial charge is 0.335 e. The van der Waals surface area contributed by atoms with Crippen LogP contribution >= 0.6 is 0 Å². The first-order valence-corrected chi connectivity index (χ1v) is 11.7. The van der Waals surface area contributed by atoms with Crippen molar-refractivity contribution in [2.75, 3.05) is 24.1 Å². The maximum absolute atomic E-state index is 13.8. The fraction of sp³-hybridized carbons (Fsp3) is 0.200. The zero-order valence-electron chi connectivity index (χ0n) is 19.9. The van der Waals surface area contributed by atoms with Gasteiger partial charge in [-0.25, -0.2) is 24.8 Å². The highest BCUT2D eigenvalue weighted by atomic mass is 16.2. The average Bonchev–Trinajstić information content (AvgIpc) is 3.22. The molecule has 4 N–H and O–H groups in total. The van der Waals surface area contributed by atoms with Gasteiger partial charge in [0.2, 0.25) is 0 Å². The van der Waals surface area contributed by atoms with Gasteiger partial charge in [0.05, 0.1) is 11.7 Å². The normalized spacial score (nSPS) is 15.8. The number of fused-ring (bicyclic) bond motifs is 1. The molecular weight excluding hydrogens is 474 g/mol. The number of piperidine rings is 1. The Hall–Kier alpha value is -4.84. The molecule has 1 aromatic carbocycles. The number of hydrazine groups is 1. The molecule has 4 heterocycles. The lowest BCUT2D eigenvalue weighted by Gasteiger charge is -2.32. The fourth-order valence-electron chi connectivity index (χ4n) is 4.49. The lowest BCUT2D eigenvalue weighted by atomic mass is 10.1. The van der Waals surface area contributed by atoms with Gasteiger partial charge in [0.25, 0.3) is 11.8 Å². The average molecular weight is 500 g/mol. The summed E-state index contributed by atoms with van der Waals surface area (Å²) in [4.78, 5) is 50.8. The van der Waals surface area contributed by atoms with Crippen LogP contribution in [0.4, 0.5) is 11.6 Å². The van der Waals surface area contributed by atoms with Gasteiger partial charge in [-0.2, -0.15) is 0 Å². The molecule has 37 heavy (non-hydrogen) atoms. The number of nitrogens with zero attached hydrogens (tertiary/aromatic N) is 6. The number of amides is 2. The summed E-state index contributed by atoms with van der Waals surface area (Å²) in [5.74, 6) is -0.0436. The molecule has 1 saturated heterocycles. The zero-order chi connectivity index (χ0) is 25.9. The third-order valence-electron chi connectivity index (χ3n) is 6.19. The number of nitrogens with one attached hydrogen (secondary N) is 2. The highest BCUT2D eigenvalue weighted by Gasteiger charge is 2.28. The van der Waals surface area contributed by atoms with E-state index in [9.17, 15) is 14.4 Å². The van der Waals surface area contributed by atoms with Gasteiger partial charge >= 0.3 is 5.69 Å². The Balaban J connectivity index is 1.50. The number of aromatic nitrogens is 5. The van der Waals surface area contributed by atoms with Gasteiger partial charge in [0.1, 0.15) is 17.7 Å². The maximum Gasteiger partial charge on any atom is 0.335 e. The number of carbonyl (C=O) groups excluding carboxylic acids is 2. The van der Waals surface area contributed by atoms with Crippen LogP contribution < -0.4 is 22.2 Å². The molecule has 0 saturated carbocycles. The minimum atomic E-state index is -0.338. The van der Waals surface area contributed by atoms with E-state index in [2.05, 4.69) is 32.3 Å². The van der Waals surface area contributed by atoms with Crippen LogP contribution in [-0.4, -0.2) is 54.0 Å². The van der Waals surface area contributed by atoms with Gasteiger partial charge in [-0.1, -0.05) is 12.6 Å². The predicted octanol–water partition coefficient (Wildman–Crippen LogP) is 1.67. The number of anilines is 2. The van der Waals surface area contributed by atoms with Crippen LogP contribution in [0, 0.1) is 0 Å². The van der Waals surface area contributed by atoms with Crippen molar-refractivity contribution in [3.05, 3.63) is 83.7 Å². The minimum Gasteiger partial charge on any atom is -0.382 e. The number of benzene rings is 1. The molecule has 0 bridgehead atoms. The fourth-order valence-corrected chi connectivity index (χ4v) is 4.49. The Labute approximate surface area is 211 Å². The van der Waals surface area contributed by atoms with E-state index in [1.165, 1.54) is 17.0 Å². The van der Waals surface area contributed by atoms with Crippen LogP contribution in [0.15, 0.2) is 72.4 Å². The topological polar surface area (TPSA) is 153 Å². The second kappa shape index (κ2) is 10.0. The standard InChI is InChI=1S/C25H25N9O3/c1-2-20(35)31-32-13-5-6-18(14-32)34-23-21(22(26)28-15-29-23)33(25(34)37)17-10-8-16(9-11-17)24(36)30-19-7-3-4-12-27-19/h2-4,7-12,15,18H,1,5-6,13-14H2,(H,31,35)(H2,26,28,29)(H,27,30,36). The Morgan fingerprint density at radius 2 is 1.92 bits per heavy atom. The first-order chi connectivity index (χ1) is 18.0. The summed E-state index contributed by atoms with van der Waals surface area (Å²) in [5.41, 5.74) is 10.3. The molecule has 12 heteroatoms. The van der Waals surface area contributed by atoms with E-state index in [-0.39, 0.29) is 29.4 Å². The van der Waals surface area contributed by atoms with Crippen LogP contribution in [-0.2, 0) is 4.79 Å². The highest BCUT2D eigenvalue weighted by Crippen LogP contribution is 2.27. The van der Waals surface area contributed by atoms with Crippen molar-refractivity contribution < 1.29 is 9.59 Å². The molecule has 1 fully saturated rings. The van der Waals surface area contributed by atoms with Crippen LogP contribution in [0.1, 0.15) is 29.2 Å². The van der Waals surface area contributed by atoms with Crippen molar-refractivity contribution in [1.82, 2.24) is 34.5 Å². The Morgan fingerprint density at radius 1 is 1.11 bits per heavy atom. The summed E-state index contributed by atoms with van der Waals surface area (Å²) in [6.07, 6.45) is 5.60. The number of pyridine rings is 1. The van der Waals surface area contributed by atoms with Gasteiger partial charge < -0.3 is 11.1 Å². The van der Waals surface area contributed by atoms with Crippen molar-refractivity contribution in [1.29, 1.82) is 0 Å². The molecule has 4 aromatic rings. The zero-order valence-corrected chi connectivity index (χ0v) is 19.9. The molecule has 0 aliphatic carbocycles. The first-order valence-electron chi connectivity index (χ1n) is 11.7. The van der Waals surface area contributed by atoms with E-state index in [1.807, 2.05) is 0 Å². The molecule has 1 unspecified atom stereocenters. The molecule has 5 rings (SSSR count). The largest absolute Gasteiger partial charge is 0.382 e. The molecule has 0 radical (unpaired) electrons. The van der Waals surface area contributed by atoms with E-state index in [1.54, 1.807) is 58.2 Å². The molecule has 3 aromatic heterocycles. The summed E-state index contributed by atoms with van der Waals surface area (Å²) in [6.45, 7) is 4.55. The molecule has 1 atom stereocenters. The minimum absolute atomic E-state index is 0.158. The van der Waals surface area contributed by atoms with Crippen molar-refractivity contribution in [3.8, 4) is 5.69 Å².